The van der Waals surface area contributed by atoms with Crippen molar-refractivity contribution in [2.75, 3.05) is 33.9 Å². The number of piperazine rings is 1. The number of rotatable bonds is 6. The third-order valence-corrected chi connectivity index (χ3v) is 5.07. The molecule has 3 rings (SSSR count). The zero-order valence-electron chi connectivity index (χ0n) is 16.1. The number of amides is 1. The molecular formula is C21H26Cl2N2O3. The first-order valence-corrected chi connectivity index (χ1v) is 9.46. The van der Waals surface area contributed by atoms with Gasteiger partial charge in [0.1, 0.15) is 11.5 Å². The van der Waals surface area contributed by atoms with E-state index in [0.717, 1.165) is 35.7 Å². The summed E-state index contributed by atoms with van der Waals surface area (Å²) in [4.78, 5) is 14.9. The number of halogens is 2. The molecule has 28 heavy (non-hydrogen) atoms. The number of nitrogens with zero attached hydrogens (tertiary/aromatic N) is 1. The van der Waals surface area contributed by atoms with Gasteiger partial charge in [0.05, 0.1) is 20.3 Å². The van der Waals surface area contributed by atoms with E-state index in [-0.39, 0.29) is 24.4 Å². The van der Waals surface area contributed by atoms with Crippen LogP contribution < -0.4 is 14.8 Å². The summed E-state index contributed by atoms with van der Waals surface area (Å²) in [6.45, 7) is 2.23. The quantitative estimate of drug-likeness (QED) is 0.763. The van der Waals surface area contributed by atoms with Crippen molar-refractivity contribution in [2.45, 2.75) is 18.9 Å². The van der Waals surface area contributed by atoms with Gasteiger partial charge in [-0.15, -0.1) is 12.4 Å². The highest BCUT2D eigenvalue weighted by atomic mass is 35.5. The molecule has 1 aliphatic heterocycles. The second-order valence-corrected chi connectivity index (χ2v) is 7.02. The van der Waals surface area contributed by atoms with Gasteiger partial charge in [0, 0.05) is 37.1 Å². The smallest absolute Gasteiger partial charge is 0.223 e. The maximum Gasteiger partial charge on any atom is 0.223 e. The van der Waals surface area contributed by atoms with Gasteiger partial charge >= 0.3 is 0 Å². The Hall–Kier alpha value is -1.95. The molecule has 0 bridgehead atoms. The molecule has 1 N–H and O–H groups in total. The topological polar surface area (TPSA) is 50.8 Å². The summed E-state index contributed by atoms with van der Waals surface area (Å²) in [7, 11) is 3.25. The Kier molecular flexibility index (Phi) is 8.42. The van der Waals surface area contributed by atoms with Crippen LogP contribution in [0.5, 0.6) is 11.5 Å². The van der Waals surface area contributed by atoms with Crippen LogP contribution in [-0.2, 0) is 11.2 Å². The molecule has 1 unspecified atom stereocenters. The van der Waals surface area contributed by atoms with Crippen molar-refractivity contribution >= 4 is 29.9 Å². The first kappa shape index (κ1) is 22.3. The first-order valence-electron chi connectivity index (χ1n) is 9.08. The third-order valence-electron chi connectivity index (χ3n) is 4.84. The highest BCUT2D eigenvalue weighted by molar-refractivity contribution is 6.30. The molecule has 0 radical (unpaired) electrons. The van der Waals surface area contributed by atoms with Gasteiger partial charge in [-0.3, -0.25) is 4.79 Å². The number of hydrogen-bond donors (Lipinski definition) is 1. The standard InChI is InChI=1S/C21H25ClN2O3.ClH/c1-26-18-10-15(11-19(13-18)27-2)6-7-21(25)24-9-8-23-14-20(24)16-4-3-5-17(22)12-16;/h3-5,10-13,20,23H,6-9,14H2,1-2H3;1H. The lowest BCUT2D eigenvalue weighted by molar-refractivity contribution is -0.134. The van der Waals surface area contributed by atoms with Crippen LogP contribution in [0.2, 0.25) is 5.02 Å². The maximum atomic E-state index is 13.0. The highest BCUT2D eigenvalue weighted by Gasteiger charge is 2.27. The van der Waals surface area contributed by atoms with Gasteiger partial charge in [0.2, 0.25) is 5.91 Å². The fraction of sp³-hybridized carbons (Fsp3) is 0.381. The predicted octanol–water partition coefficient (Wildman–Crippen LogP) is 3.88. The Morgan fingerprint density at radius 1 is 1.18 bits per heavy atom. The third kappa shape index (κ3) is 5.53. The molecule has 5 nitrogen and oxygen atoms in total. The van der Waals surface area contributed by atoms with Crippen molar-refractivity contribution in [3.05, 3.63) is 58.6 Å². The fourth-order valence-electron chi connectivity index (χ4n) is 3.42. The van der Waals surface area contributed by atoms with Gasteiger partial charge in [-0.05, 0) is 41.8 Å². The molecule has 0 spiro atoms. The van der Waals surface area contributed by atoms with Gasteiger partial charge < -0.3 is 19.7 Å². The van der Waals surface area contributed by atoms with E-state index in [1.54, 1.807) is 14.2 Å². The van der Waals surface area contributed by atoms with Gasteiger partial charge in [-0.2, -0.15) is 0 Å². The molecule has 1 saturated heterocycles. The number of hydrogen-bond acceptors (Lipinski definition) is 4. The van der Waals surface area contributed by atoms with Crippen molar-refractivity contribution in [1.82, 2.24) is 10.2 Å². The zero-order chi connectivity index (χ0) is 19.2. The van der Waals surface area contributed by atoms with E-state index < -0.39 is 0 Å². The van der Waals surface area contributed by atoms with Gasteiger partial charge in [-0.1, -0.05) is 23.7 Å². The van der Waals surface area contributed by atoms with E-state index in [2.05, 4.69) is 5.32 Å². The average Bonchev–Trinajstić information content (AvgIpc) is 2.71. The number of aryl methyl sites for hydroxylation is 1. The van der Waals surface area contributed by atoms with E-state index >= 15 is 0 Å². The monoisotopic (exact) mass is 424 g/mol. The summed E-state index contributed by atoms with van der Waals surface area (Å²) < 4.78 is 10.6. The lowest BCUT2D eigenvalue weighted by Gasteiger charge is -2.36. The van der Waals surface area contributed by atoms with Crippen LogP contribution in [0.1, 0.15) is 23.6 Å². The Labute approximate surface area is 177 Å². The largest absolute Gasteiger partial charge is 0.497 e. The lowest BCUT2D eigenvalue weighted by Crippen LogP contribution is -2.48. The molecule has 0 aromatic heterocycles. The highest BCUT2D eigenvalue weighted by Crippen LogP contribution is 2.27. The summed E-state index contributed by atoms with van der Waals surface area (Å²) in [5.74, 6) is 1.61. The lowest BCUT2D eigenvalue weighted by atomic mass is 10.0. The molecular weight excluding hydrogens is 399 g/mol. The average molecular weight is 425 g/mol. The molecule has 1 fully saturated rings. The second kappa shape index (κ2) is 10.6. The Morgan fingerprint density at radius 2 is 1.89 bits per heavy atom. The Balaban J connectivity index is 0.00000280. The number of carbonyl (C=O) groups is 1. The SMILES string of the molecule is COc1cc(CCC(=O)N2CCNCC2c2cccc(Cl)c2)cc(OC)c1.Cl. The summed E-state index contributed by atoms with van der Waals surface area (Å²) in [5, 5.41) is 4.06. The number of ether oxygens (including phenoxy) is 2. The molecule has 1 amide bonds. The van der Waals surface area contributed by atoms with E-state index in [9.17, 15) is 4.79 Å². The van der Waals surface area contributed by atoms with Crippen molar-refractivity contribution in [2.24, 2.45) is 0 Å². The van der Waals surface area contributed by atoms with Gasteiger partial charge in [0.25, 0.3) is 0 Å². The normalized spacial score (nSPS) is 16.2. The molecule has 2 aromatic carbocycles. The van der Waals surface area contributed by atoms with Crippen LogP contribution in [0.25, 0.3) is 0 Å². The van der Waals surface area contributed by atoms with E-state index in [1.807, 2.05) is 47.4 Å². The van der Waals surface area contributed by atoms with Crippen LogP contribution in [-0.4, -0.2) is 44.7 Å². The Bertz CT molecular complexity index is 779. The van der Waals surface area contributed by atoms with E-state index in [1.165, 1.54) is 0 Å². The zero-order valence-corrected chi connectivity index (χ0v) is 17.7. The minimum atomic E-state index is 0. The summed E-state index contributed by atoms with van der Waals surface area (Å²) in [6, 6.07) is 13.5. The molecule has 2 aromatic rings. The van der Waals surface area contributed by atoms with Crippen LogP contribution in [0.15, 0.2) is 42.5 Å². The van der Waals surface area contributed by atoms with Crippen molar-refractivity contribution in [1.29, 1.82) is 0 Å². The number of benzene rings is 2. The van der Waals surface area contributed by atoms with Gasteiger partial charge in [-0.25, -0.2) is 0 Å². The minimum absolute atomic E-state index is 0. The van der Waals surface area contributed by atoms with Crippen molar-refractivity contribution in [3.63, 3.8) is 0 Å². The van der Waals surface area contributed by atoms with Crippen LogP contribution >= 0.6 is 24.0 Å². The number of nitrogens with one attached hydrogen (secondary N) is 1. The maximum absolute atomic E-state index is 13.0. The van der Waals surface area contributed by atoms with Crippen LogP contribution in [0.4, 0.5) is 0 Å². The molecule has 0 saturated carbocycles. The number of carbonyl (C=O) groups excluding carboxylic acids is 1. The molecule has 152 valence electrons. The number of methoxy groups -OCH3 is 2. The molecule has 1 aliphatic rings. The van der Waals surface area contributed by atoms with E-state index in [0.29, 0.717) is 24.4 Å². The van der Waals surface area contributed by atoms with Crippen molar-refractivity contribution < 1.29 is 14.3 Å². The Morgan fingerprint density at radius 3 is 2.54 bits per heavy atom. The predicted molar refractivity (Wildman–Crippen MR) is 114 cm³/mol. The van der Waals surface area contributed by atoms with Crippen LogP contribution in [0.3, 0.4) is 0 Å². The summed E-state index contributed by atoms with van der Waals surface area (Å²) >= 11 is 6.14. The second-order valence-electron chi connectivity index (χ2n) is 6.58. The molecule has 1 atom stereocenters. The van der Waals surface area contributed by atoms with Crippen LogP contribution in [0, 0.1) is 0 Å². The van der Waals surface area contributed by atoms with E-state index in [4.69, 9.17) is 21.1 Å². The fourth-order valence-corrected chi connectivity index (χ4v) is 3.62. The minimum Gasteiger partial charge on any atom is -0.497 e. The molecule has 7 heteroatoms. The summed E-state index contributed by atoms with van der Waals surface area (Å²) in [6.07, 6.45) is 1.08. The molecule has 1 heterocycles. The van der Waals surface area contributed by atoms with Gasteiger partial charge in [0.15, 0.2) is 0 Å². The molecule has 0 aliphatic carbocycles. The van der Waals surface area contributed by atoms with Crippen molar-refractivity contribution in [3.8, 4) is 11.5 Å². The first-order chi connectivity index (χ1) is 13.1. The summed E-state index contributed by atoms with van der Waals surface area (Å²) in [5.41, 5.74) is 2.08.